The van der Waals surface area contributed by atoms with Crippen LogP contribution in [0.15, 0.2) is 188 Å². The summed E-state index contributed by atoms with van der Waals surface area (Å²) in [5, 5.41) is 0. The highest BCUT2D eigenvalue weighted by Crippen LogP contribution is 2.35. The first-order valence-corrected chi connectivity index (χ1v) is 17.2. The first-order valence-electron chi connectivity index (χ1n) is 17.2. The fraction of sp³-hybridized carbons (Fsp3) is 0.0408. The minimum atomic E-state index is 0.985. The molecule has 1 heterocycles. The zero-order valence-electron chi connectivity index (χ0n) is 28.3. The molecule has 1 aromatic heterocycles. The lowest BCUT2D eigenvalue weighted by molar-refractivity contribution is 1.33. The molecular formula is C49H37N. The molecule has 0 unspecified atom stereocenters. The summed E-state index contributed by atoms with van der Waals surface area (Å²) in [5.74, 6) is 0. The predicted molar refractivity (Wildman–Crippen MR) is 212 cm³/mol. The fourth-order valence-corrected chi connectivity index (χ4v) is 7.01. The van der Waals surface area contributed by atoms with Gasteiger partial charge in [-0.05, 0) is 134 Å². The van der Waals surface area contributed by atoms with E-state index in [-0.39, 0.29) is 0 Å². The Labute approximate surface area is 295 Å². The fourth-order valence-electron chi connectivity index (χ4n) is 7.01. The van der Waals surface area contributed by atoms with E-state index in [4.69, 9.17) is 0 Å². The van der Waals surface area contributed by atoms with Crippen molar-refractivity contribution >= 4 is 0 Å². The molecule has 0 aliphatic heterocycles. The number of aryl methyl sites for hydroxylation is 2. The van der Waals surface area contributed by atoms with Gasteiger partial charge in [0.05, 0.1) is 5.69 Å². The summed E-state index contributed by atoms with van der Waals surface area (Å²) in [4.78, 5) is 4.53. The maximum Gasteiger partial charge on any atom is 0.0702 e. The van der Waals surface area contributed by atoms with E-state index < -0.39 is 0 Å². The van der Waals surface area contributed by atoms with E-state index in [0.29, 0.717) is 0 Å². The van der Waals surface area contributed by atoms with Gasteiger partial charge in [0, 0.05) is 11.8 Å². The van der Waals surface area contributed by atoms with Gasteiger partial charge in [-0.3, -0.25) is 4.98 Å². The number of aromatic nitrogens is 1. The summed E-state index contributed by atoms with van der Waals surface area (Å²) in [5.41, 5.74) is 19.3. The van der Waals surface area contributed by atoms with Crippen molar-refractivity contribution in [3.63, 3.8) is 0 Å². The predicted octanol–water partition coefficient (Wildman–Crippen LogP) is 13.4. The Balaban J connectivity index is 1.05. The van der Waals surface area contributed by atoms with E-state index in [1.807, 2.05) is 18.3 Å². The smallest absolute Gasteiger partial charge is 0.0702 e. The molecular weight excluding hydrogens is 603 g/mol. The molecule has 0 aliphatic carbocycles. The molecule has 1 heteroatoms. The minimum Gasteiger partial charge on any atom is -0.256 e. The lowest BCUT2D eigenvalue weighted by atomic mass is 9.92. The third-order valence-corrected chi connectivity index (χ3v) is 9.59. The van der Waals surface area contributed by atoms with Crippen molar-refractivity contribution in [2.24, 2.45) is 0 Å². The Bertz CT molecular complexity index is 2420. The summed E-state index contributed by atoms with van der Waals surface area (Å²) >= 11 is 0. The molecule has 0 aliphatic rings. The average Bonchev–Trinajstić information content (AvgIpc) is 3.19. The van der Waals surface area contributed by atoms with Gasteiger partial charge in [0.1, 0.15) is 0 Å². The van der Waals surface area contributed by atoms with E-state index in [1.54, 1.807) is 0 Å². The summed E-state index contributed by atoms with van der Waals surface area (Å²) in [6.07, 6.45) is 1.84. The molecule has 0 N–H and O–H groups in total. The van der Waals surface area contributed by atoms with E-state index in [9.17, 15) is 0 Å². The number of pyridine rings is 1. The minimum absolute atomic E-state index is 0.985. The van der Waals surface area contributed by atoms with Crippen LogP contribution in [-0.4, -0.2) is 4.98 Å². The summed E-state index contributed by atoms with van der Waals surface area (Å²) in [6.45, 7) is 4.39. The van der Waals surface area contributed by atoms with Crippen LogP contribution >= 0.6 is 0 Å². The molecule has 0 fully saturated rings. The van der Waals surface area contributed by atoms with E-state index >= 15 is 0 Å². The van der Waals surface area contributed by atoms with Crippen LogP contribution < -0.4 is 0 Å². The van der Waals surface area contributed by atoms with Crippen LogP contribution in [0.1, 0.15) is 11.1 Å². The van der Waals surface area contributed by atoms with Crippen LogP contribution in [0.3, 0.4) is 0 Å². The zero-order chi connectivity index (χ0) is 33.9. The van der Waals surface area contributed by atoms with Gasteiger partial charge in [0.25, 0.3) is 0 Å². The molecule has 0 spiro atoms. The first kappa shape index (κ1) is 31.0. The normalized spacial score (nSPS) is 11.0. The molecule has 1 nitrogen and oxygen atoms in total. The SMILES string of the molecule is Cc1cccc(C)c1-c1cccc(-c2cccc(-c3cccc(-c4cccc(-c5ccc(-c6cccc(-c7ccccn7)c6)cc5)c4)c3)c2)c1. The quantitative estimate of drug-likeness (QED) is 0.169. The highest BCUT2D eigenvalue weighted by atomic mass is 14.7. The van der Waals surface area contributed by atoms with Crippen LogP contribution in [0.2, 0.25) is 0 Å². The van der Waals surface area contributed by atoms with E-state index in [0.717, 1.165) is 11.3 Å². The van der Waals surface area contributed by atoms with Gasteiger partial charge in [-0.2, -0.15) is 0 Å². The molecule has 238 valence electrons. The Morgan fingerprint density at radius 2 is 0.620 bits per heavy atom. The van der Waals surface area contributed by atoms with Gasteiger partial charge in [-0.15, -0.1) is 0 Å². The van der Waals surface area contributed by atoms with E-state index in [2.05, 4.69) is 189 Å². The standard InChI is InChI=1S/C49H37N/c1-34-11-5-12-35(2)49(34)47-22-10-20-45(33-47)44-19-8-18-43(31-44)42-17-7-16-41(30-42)40-15-6-13-38(29-40)36-24-26-37(27-25-36)39-14-9-21-46(32-39)48-23-3-4-28-50-48/h3-33H,1-2H3. The van der Waals surface area contributed by atoms with Gasteiger partial charge in [-0.1, -0.05) is 140 Å². The van der Waals surface area contributed by atoms with Crippen LogP contribution in [0.4, 0.5) is 0 Å². The van der Waals surface area contributed by atoms with Crippen LogP contribution in [0, 0.1) is 13.8 Å². The molecule has 8 aromatic rings. The Morgan fingerprint density at radius 3 is 1.04 bits per heavy atom. The van der Waals surface area contributed by atoms with Crippen molar-refractivity contribution in [1.82, 2.24) is 4.98 Å². The molecule has 50 heavy (non-hydrogen) atoms. The lowest BCUT2D eigenvalue weighted by Crippen LogP contribution is -1.89. The molecule has 7 aromatic carbocycles. The van der Waals surface area contributed by atoms with Crippen molar-refractivity contribution in [1.29, 1.82) is 0 Å². The molecule has 0 saturated carbocycles. The number of hydrogen-bond acceptors (Lipinski definition) is 1. The number of rotatable bonds is 7. The Hall–Kier alpha value is -6.31. The van der Waals surface area contributed by atoms with Gasteiger partial charge < -0.3 is 0 Å². The molecule has 0 saturated heterocycles. The average molecular weight is 640 g/mol. The second-order valence-electron chi connectivity index (χ2n) is 13.0. The van der Waals surface area contributed by atoms with Crippen LogP contribution in [-0.2, 0) is 0 Å². The molecule has 0 amide bonds. The van der Waals surface area contributed by atoms with Crippen LogP contribution in [0.5, 0.6) is 0 Å². The summed E-state index contributed by atoms with van der Waals surface area (Å²) in [6, 6.07) is 65.6. The van der Waals surface area contributed by atoms with Crippen LogP contribution in [0.25, 0.3) is 78.0 Å². The van der Waals surface area contributed by atoms with Crippen molar-refractivity contribution in [2.75, 3.05) is 0 Å². The number of benzene rings is 7. The second kappa shape index (κ2) is 13.7. The zero-order valence-corrected chi connectivity index (χ0v) is 28.3. The topological polar surface area (TPSA) is 12.9 Å². The van der Waals surface area contributed by atoms with Crippen molar-refractivity contribution in [3.05, 3.63) is 199 Å². The van der Waals surface area contributed by atoms with Gasteiger partial charge in [0.15, 0.2) is 0 Å². The van der Waals surface area contributed by atoms with E-state index in [1.165, 1.54) is 77.9 Å². The third-order valence-electron chi connectivity index (χ3n) is 9.59. The van der Waals surface area contributed by atoms with Crippen molar-refractivity contribution in [2.45, 2.75) is 13.8 Å². The molecule has 0 atom stereocenters. The maximum absolute atomic E-state index is 4.53. The molecule has 0 bridgehead atoms. The number of nitrogens with zero attached hydrogens (tertiary/aromatic N) is 1. The second-order valence-corrected chi connectivity index (χ2v) is 13.0. The highest BCUT2D eigenvalue weighted by Gasteiger charge is 2.10. The summed E-state index contributed by atoms with van der Waals surface area (Å²) in [7, 11) is 0. The molecule has 8 rings (SSSR count). The summed E-state index contributed by atoms with van der Waals surface area (Å²) < 4.78 is 0. The van der Waals surface area contributed by atoms with Gasteiger partial charge >= 0.3 is 0 Å². The Morgan fingerprint density at radius 1 is 0.280 bits per heavy atom. The van der Waals surface area contributed by atoms with Crippen molar-refractivity contribution in [3.8, 4) is 78.0 Å². The molecule has 0 radical (unpaired) electrons. The Kier molecular flexibility index (Phi) is 8.47. The van der Waals surface area contributed by atoms with Gasteiger partial charge in [0.2, 0.25) is 0 Å². The van der Waals surface area contributed by atoms with Gasteiger partial charge in [-0.25, -0.2) is 0 Å². The number of hydrogen-bond donors (Lipinski definition) is 0. The van der Waals surface area contributed by atoms with Crippen molar-refractivity contribution < 1.29 is 0 Å². The monoisotopic (exact) mass is 639 g/mol. The maximum atomic E-state index is 4.53. The highest BCUT2D eigenvalue weighted by molar-refractivity contribution is 5.82. The first-order chi connectivity index (χ1) is 24.6. The largest absolute Gasteiger partial charge is 0.256 e. The third kappa shape index (κ3) is 6.42. The lowest BCUT2D eigenvalue weighted by Gasteiger charge is -2.13.